The Hall–Kier alpha value is -3.62. The molecule has 13 nitrogen and oxygen atoms in total. The number of carbonyl (C=O) groups is 2. The molecular weight excluding hydrogens is 562 g/mol. The highest BCUT2D eigenvalue weighted by molar-refractivity contribution is 7.08. The van der Waals surface area contributed by atoms with Crippen LogP contribution < -0.4 is 21.0 Å². The third-order valence-corrected chi connectivity index (χ3v) is 8.14. The summed E-state index contributed by atoms with van der Waals surface area (Å²) in [6, 6.07) is 1.82. The first-order chi connectivity index (χ1) is 20.4. The lowest BCUT2D eigenvalue weighted by molar-refractivity contribution is -0.126. The number of ether oxygens (including phenoxy) is 3. The Morgan fingerprint density at radius 3 is 2.81 bits per heavy atom. The van der Waals surface area contributed by atoms with Gasteiger partial charge in [-0.3, -0.25) is 14.2 Å². The molecule has 0 spiro atoms. The summed E-state index contributed by atoms with van der Waals surface area (Å²) in [4.78, 5) is 50.4. The summed E-state index contributed by atoms with van der Waals surface area (Å²) in [5, 5.41) is 6.93. The predicted molar refractivity (Wildman–Crippen MR) is 159 cm³/mol. The number of rotatable bonds is 12. The summed E-state index contributed by atoms with van der Waals surface area (Å²) >= 11 is 1.12. The fraction of sp³-hybridized carbons (Fsp3) is 0.571. The summed E-state index contributed by atoms with van der Waals surface area (Å²) in [5.41, 5.74) is 0.455. The Morgan fingerprint density at radius 1 is 1.24 bits per heavy atom. The Bertz CT molecular complexity index is 1480. The molecule has 42 heavy (non-hydrogen) atoms. The smallest absolute Gasteiger partial charge is 0.343 e. The molecule has 5 heterocycles. The number of carbonyl (C=O) groups excluding carboxylic acids is 2. The van der Waals surface area contributed by atoms with Crippen LogP contribution in [0.5, 0.6) is 0 Å². The Kier molecular flexibility index (Phi) is 9.65. The van der Waals surface area contributed by atoms with Crippen molar-refractivity contribution in [3.8, 4) is 5.13 Å². The molecule has 2 aliphatic heterocycles. The number of esters is 1. The quantitative estimate of drug-likeness (QED) is 0.233. The van der Waals surface area contributed by atoms with Crippen LogP contribution in [-0.2, 0) is 19.0 Å². The Balaban J connectivity index is 1.40. The number of amides is 1. The molecule has 2 N–H and O–H groups in total. The molecule has 1 amide bonds. The van der Waals surface area contributed by atoms with Gasteiger partial charge >= 0.3 is 5.97 Å². The topological polar surface area (TPSA) is 150 Å². The van der Waals surface area contributed by atoms with E-state index in [1.807, 2.05) is 17.9 Å². The molecule has 0 bridgehead atoms. The molecule has 1 atom stereocenters. The normalized spacial score (nSPS) is 17.2. The molecule has 0 saturated carbocycles. The van der Waals surface area contributed by atoms with Crippen LogP contribution in [0.25, 0.3) is 16.2 Å². The van der Waals surface area contributed by atoms with Gasteiger partial charge in [0.15, 0.2) is 5.65 Å². The van der Waals surface area contributed by atoms with E-state index in [1.165, 1.54) is 6.20 Å². The molecule has 226 valence electrons. The molecule has 0 radical (unpaired) electrons. The van der Waals surface area contributed by atoms with Gasteiger partial charge in [-0.1, -0.05) is 0 Å². The predicted octanol–water partition coefficient (Wildman–Crippen LogP) is 2.29. The SMILES string of the molecule is CCOC(=O)c1cn(-c2nc(NCCCOC)ns2)c2nc(N3CC(C(=O)NCC4CCCCO4)C3)cc(C)c2c1=O. The minimum Gasteiger partial charge on any atom is -0.462 e. The molecule has 0 aliphatic carbocycles. The van der Waals surface area contributed by atoms with Gasteiger partial charge in [0.2, 0.25) is 22.4 Å². The van der Waals surface area contributed by atoms with Crippen molar-refractivity contribution in [2.24, 2.45) is 5.92 Å². The van der Waals surface area contributed by atoms with Crippen LogP contribution in [0.4, 0.5) is 11.8 Å². The molecular formula is C28H37N7O6S. The number of fused-ring (bicyclic) bond motifs is 1. The summed E-state index contributed by atoms with van der Waals surface area (Å²) in [7, 11) is 1.65. The van der Waals surface area contributed by atoms with Gasteiger partial charge in [-0.2, -0.15) is 9.36 Å². The minimum absolute atomic E-state index is 0.00769. The summed E-state index contributed by atoms with van der Waals surface area (Å²) < 4.78 is 22.0. The maximum atomic E-state index is 13.5. The van der Waals surface area contributed by atoms with Crippen LogP contribution in [0.15, 0.2) is 17.1 Å². The van der Waals surface area contributed by atoms with Crippen molar-refractivity contribution >= 4 is 46.2 Å². The fourth-order valence-electron chi connectivity index (χ4n) is 5.10. The van der Waals surface area contributed by atoms with Crippen molar-refractivity contribution < 1.29 is 23.8 Å². The van der Waals surface area contributed by atoms with Crippen LogP contribution in [0.3, 0.4) is 0 Å². The van der Waals surface area contributed by atoms with E-state index in [4.69, 9.17) is 19.2 Å². The van der Waals surface area contributed by atoms with E-state index in [0.29, 0.717) is 66.3 Å². The number of hydrogen-bond acceptors (Lipinski definition) is 12. The van der Waals surface area contributed by atoms with Gasteiger partial charge in [0, 0.05) is 64.2 Å². The van der Waals surface area contributed by atoms with E-state index >= 15 is 0 Å². The van der Waals surface area contributed by atoms with Crippen LogP contribution >= 0.6 is 11.5 Å². The Labute approximate surface area is 247 Å². The first-order valence-corrected chi connectivity index (χ1v) is 15.1. The van der Waals surface area contributed by atoms with E-state index in [-0.39, 0.29) is 30.1 Å². The Morgan fingerprint density at radius 2 is 2.07 bits per heavy atom. The number of anilines is 2. The van der Waals surface area contributed by atoms with Gasteiger partial charge in [-0.05, 0) is 51.2 Å². The number of aryl methyl sites for hydroxylation is 1. The summed E-state index contributed by atoms with van der Waals surface area (Å²) in [5.74, 6) is 0.208. The fourth-order valence-corrected chi connectivity index (χ4v) is 5.73. The lowest BCUT2D eigenvalue weighted by Crippen LogP contribution is -2.55. The zero-order valence-corrected chi connectivity index (χ0v) is 25.0. The van der Waals surface area contributed by atoms with Gasteiger partial charge in [-0.15, -0.1) is 0 Å². The summed E-state index contributed by atoms with van der Waals surface area (Å²) in [6.45, 7) is 7.17. The number of nitrogens with one attached hydrogen (secondary N) is 2. The number of methoxy groups -OCH3 is 1. The number of pyridine rings is 2. The van der Waals surface area contributed by atoms with Crippen molar-refractivity contribution in [1.29, 1.82) is 0 Å². The third-order valence-electron chi connectivity index (χ3n) is 7.42. The van der Waals surface area contributed by atoms with Crippen LogP contribution in [-0.4, -0.2) is 90.0 Å². The summed E-state index contributed by atoms with van der Waals surface area (Å²) in [6.07, 6.45) is 5.46. The van der Waals surface area contributed by atoms with E-state index < -0.39 is 11.4 Å². The zero-order valence-electron chi connectivity index (χ0n) is 24.2. The van der Waals surface area contributed by atoms with Gasteiger partial charge in [0.05, 0.1) is 24.0 Å². The molecule has 2 aliphatic rings. The van der Waals surface area contributed by atoms with Crippen molar-refractivity contribution in [1.82, 2.24) is 24.2 Å². The molecule has 14 heteroatoms. The van der Waals surface area contributed by atoms with Crippen molar-refractivity contribution in [3.63, 3.8) is 0 Å². The number of nitrogens with zero attached hydrogens (tertiary/aromatic N) is 5. The second-order valence-corrected chi connectivity index (χ2v) is 11.2. The minimum atomic E-state index is -0.709. The van der Waals surface area contributed by atoms with Crippen molar-refractivity contribution in [3.05, 3.63) is 33.6 Å². The molecule has 5 rings (SSSR count). The molecule has 0 aromatic carbocycles. The molecule has 3 aromatic heterocycles. The lowest BCUT2D eigenvalue weighted by Gasteiger charge is -2.39. The van der Waals surface area contributed by atoms with Crippen LogP contribution in [0.1, 0.15) is 48.5 Å². The standard InChI is InChI=1S/C28H37N7O6S/c1-4-40-26(38)20-16-35(28-32-27(33-42-28)29-9-7-10-39-3)24-22(23(20)36)17(2)12-21(31-24)34-14-18(15-34)25(37)30-13-19-8-5-6-11-41-19/h12,16,18-19H,4-11,13-15H2,1-3H3,(H,29,33)(H,30,37). The number of aromatic nitrogens is 4. The second kappa shape index (κ2) is 13.6. The molecule has 2 fully saturated rings. The van der Waals surface area contributed by atoms with E-state index in [0.717, 1.165) is 43.8 Å². The van der Waals surface area contributed by atoms with Gasteiger partial charge in [0.1, 0.15) is 11.4 Å². The first kappa shape index (κ1) is 29.9. The largest absolute Gasteiger partial charge is 0.462 e. The maximum Gasteiger partial charge on any atom is 0.343 e. The highest BCUT2D eigenvalue weighted by Crippen LogP contribution is 2.29. The highest BCUT2D eigenvalue weighted by atomic mass is 32.1. The monoisotopic (exact) mass is 599 g/mol. The number of hydrogen-bond donors (Lipinski definition) is 2. The van der Waals surface area contributed by atoms with Crippen molar-refractivity contribution in [2.75, 3.05) is 63.3 Å². The van der Waals surface area contributed by atoms with Gasteiger partial charge < -0.3 is 29.7 Å². The average molecular weight is 600 g/mol. The highest BCUT2D eigenvalue weighted by Gasteiger charge is 2.34. The van der Waals surface area contributed by atoms with Gasteiger partial charge in [-0.25, -0.2) is 9.78 Å². The first-order valence-electron chi connectivity index (χ1n) is 14.3. The molecule has 2 saturated heterocycles. The third kappa shape index (κ3) is 6.55. The van der Waals surface area contributed by atoms with E-state index in [2.05, 4.69) is 20.0 Å². The van der Waals surface area contributed by atoms with Crippen LogP contribution in [0, 0.1) is 12.8 Å². The van der Waals surface area contributed by atoms with E-state index in [9.17, 15) is 14.4 Å². The molecule has 3 aromatic rings. The average Bonchev–Trinajstić information content (AvgIpc) is 3.43. The van der Waals surface area contributed by atoms with E-state index in [1.54, 1.807) is 18.6 Å². The maximum absolute atomic E-state index is 13.5. The lowest BCUT2D eigenvalue weighted by atomic mass is 9.98. The van der Waals surface area contributed by atoms with Crippen molar-refractivity contribution in [2.45, 2.75) is 45.6 Å². The molecule has 1 unspecified atom stereocenters. The second-order valence-electron chi connectivity index (χ2n) is 10.5. The van der Waals surface area contributed by atoms with Gasteiger partial charge in [0.25, 0.3) is 0 Å². The zero-order chi connectivity index (χ0) is 29.6. The van der Waals surface area contributed by atoms with Crippen LogP contribution in [0.2, 0.25) is 0 Å².